The number of nitro groups is 1. The average molecular weight is 357 g/mol. The molecule has 1 N–H and O–H groups in total. The number of hydrogen-bond acceptors (Lipinski definition) is 5. The van der Waals surface area contributed by atoms with E-state index in [1.165, 1.54) is 24.5 Å². The van der Waals surface area contributed by atoms with E-state index in [-0.39, 0.29) is 23.5 Å². The van der Waals surface area contributed by atoms with E-state index in [2.05, 4.69) is 5.32 Å². The minimum absolute atomic E-state index is 0.00806. The third-order valence-corrected chi connectivity index (χ3v) is 4.51. The quantitative estimate of drug-likeness (QED) is 0.668. The topological polar surface area (TPSA) is 106 Å². The summed E-state index contributed by atoms with van der Waals surface area (Å²) in [6, 6.07) is 7.58. The summed E-state index contributed by atoms with van der Waals surface area (Å²) in [5.74, 6) is -0.0987. The van der Waals surface area contributed by atoms with Crippen molar-refractivity contribution in [3.63, 3.8) is 0 Å². The molecule has 3 rings (SSSR count). The van der Waals surface area contributed by atoms with E-state index in [0.29, 0.717) is 42.8 Å². The lowest BCUT2D eigenvalue weighted by Gasteiger charge is -2.31. The summed E-state index contributed by atoms with van der Waals surface area (Å²) in [4.78, 5) is 36.7. The second-order valence-corrected chi connectivity index (χ2v) is 6.28. The Balaban J connectivity index is 1.56. The third kappa shape index (κ3) is 3.74. The normalized spacial score (nSPS) is 14.9. The molecule has 136 valence electrons. The number of likely N-dealkylation sites (tertiary alicyclic amines) is 1. The maximum absolute atomic E-state index is 12.4. The molecule has 8 heteroatoms. The zero-order valence-electron chi connectivity index (χ0n) is 14.3. The number of amides is 2. The number of benzene rings is 1. The minimum atomic E-state index is -0.469. The largest absolute Gasteiger partial charge is 0.459 e. The summed E-state index contributed by atoms with van der Waals surface area (Å²) in [5, 5.41) is 13.8. The number of nitro benzene ring substituents is 1. The second-order valence-electron chi connectivity index (χ2n) is 6.28. The molecule has 0 unspecified atom stereocenters. The lowest BCUT2D eigenvalue weighted by molar-refractivity contribution is -0.385. The Kier molecular flexibility index (Phi) is 5.01. The van der Waals surface area contributed by atoms with Gasteiger partial charge in [-0.3, -0.25) is 19.7 Å². The number of nitrogens with zero attached hydrogens (tertiary/aromatic N) is 2. The Hall–Kier alpha value is -3.16. The summed E-state index contributed by atoms with van der Waals surface area (Å²) >= 11 is 0. The van der Waals surface area contributed by atoms with Crippen LogP contribution in [0.3, 0.4) is 0 Å². The number of nitrogens with one attached hydrogen (secondary N) is 1. The molecule has 1 aliphatic rings. The van der Waals surface area contributed by atoms with Gasteiger partial charge in [-0.05, 0) is 44.0 Å². The Labute approximate surface area is 149 Å². The number of furan rings is 1. The monoisotopic (exact) mass is 357 g/mol. The zero-order valence-corrected chi connectivity index (χ0v) is 14.3. The average Bonchev–Trinajstić information content (AvgIpc) is 3.16. The third-order valence-electron chi connectivity index (χ3n) is 4.51. The summed E-state index contributed by atoms with van der Waals surface area (Å²) in [7, 11) is 0. The van der Waals surface area contributed by atoms with Gasteiger partial charge in [-0.15, -0.1) is 0 Å². The summed E-state index contributed by atoms with van der Waals surface area (Å²) in [6.07, 6.45) is 2.75. The molecule has 0 spiro atoms. The Morgan fingerprint density at radius 3 is 2.58 bits per heavy atom. The molecule has 1 aliphatic heterocycles. The predicted octanol–water partition coefficient (Wildman–Crippen LogP) is 2.53. The molecule has 2 amide bonds. The SMILES string of the molecule is Cc1cc(C(=O)NC2CCN(C(=O)c3ccco3)CC2)ccc1[N+](=O)[O-]. The van der Waals surface area contributed by atoms with E-state index >= 15 is 0 Å². The van der Waals surface area contributed by atoms with Crippen LogP contribution in [-0.4, -0.2) is 40.8 Å². The number of piperidine rings is 1. The van der Waals surface area contributed by atoms with Crippen LogP contribution >= 0.6 is 0 Å². The van der Waals surface area contributed by atoms with Crippen LogP contribution in [0.4, 0.5) is 5.69 Å². The number of rotatable bonds is 4. The van der Waals surface area contributed by atoms with Gasteiger partial charge in [0.1, 0.15) is 0 Å². The maximum atomic E-state index is 12.4. The molecule has 8 nitrogen and oxygen atoms in total. The van der Waals surface area contributed by atoms with Crippen LogP contribution < -0.4 is 5.32 Å². The van der Waals surface area contributed by atoms with Crippen molar-refractivity contribution < 1.29 is 18.9 Å². The van der Waals surface area contributed by atoms with Gasteiger partial charge in [0.25, 0.3) is 17.5 Å². The number of carbonyl (C=O) groups is 2. The van der Waals surface area contributed by atoms with Crippen molar-refractivity contribution >= 4 is 17.5 Å². The van der Waals surface area contributed by atoms with Gasteiger partial charge in [-0.25, -0.2) is 0 Å². The molecule has 1 aromatic carbocycles. The first-order valence-electron chi connectivity index (χ1n) is 8.34. The van der Waals surface area contributed by atoms with Crippen LogP contribution in [0, 0.1) is 17.0 Å². The number of carbonyl (C=O) groups excluding carboxylic acids is 2. The highest BCUT2D eigenvalue weighted by Gasteiger charge is 2.26. The molecule has 0 atom stereocenters. The van der Waals surface area contributed by atoms with Crippen molar-refractivity contribution in [3.05, 3.63) is 63.6 Å². The van der Waals surface area contributed by atoms with Crippen LogP contribution in [0.1, 0.15) is 39.3 Å². The highest BCUT2D eigenvalue weighted by Crippen LogP contribution is 2.20. The standard InChI is InChI=1S/C18H19N3O5/c1-12-11-13(4-5-15(12)21(24)25)17(22)19-14-6-8-20(9-7-14)18(23)16-3-2-10-26-16/h2-5,10-11,14H,6-9H2,1H3,(H,19,22). The fourth-order valence-corrected chi connectivity index (χ4v) is 3.05. The first-order valence-corrected chi connectivity index (χ1v) is 8.34. The molecule has 1 saturated heterocycles. The Morgan fingerprint density at radius 2 is 2.00 bits per heavy atom. The van der Waals surface area contributed by atoms with Gasteiger partial charge in [-0.2, -0.15) is 0 Å². The van der Waals surface area contributed by atoms with Gasteiger partial charge in [0.15, 0.2) is 5.76 Å². The predicted molar refractivity (Wildman–Crippen MR) is 92.9 cm³/mol. The second kappa shape index (κ2) is 7.38. The Morgan fingerprint density at radius 1 is 1.27 bits per heavy atom. The molecule has 1 aromatic heterocycles. The molecule has 0 aliphatic carbocycles. The minimum Gasteiger partial charge on any atom is -0.459 e. The van der Waals surface area contributed by atoms with Crippen molar-refractivity contribution in [1.82, 2.24) is 10.2 Å². The van der Waals surface area contributed by atoms with Gasteiger partial charge in [0.05, 0.1) is 11.2 Å². The fourth-order valence-electron chi connectivity index (χ4n) is 3.05. The Bertz CT molecular complexity index is 823. The van der Waals surface area contributed by atoms with Crippen molar-refractivity contribution in [2.45, 2.75) is 25.8 Å². The van der Waals surface area contributed by atoms with Gasteiger partial charge in [0.2, 0.25) is 0 Å². The molecule has 1 fully saturated rings. The van der Waals surface area contributed by atoms with Crippen molar-refractivity contribution in [1.29, 1.82) is 0 Å². The zero-order chi connectivity index (χ0) is 18.7. The van der Waals surface area contributed by atoms with Crippen LogP contribution in [-0.2, 0) is 0 Å². The highest BCUT2D eigenvalue weighted by atomic mass is 16.6. The van der Waals surface area contributed by atoms with E-state index in [1.807, 2.05) is 0 Å². The first-order chi connectivity index (χ1) is 12.5. The number of hydrogen-bond donors (Lipinski definition) is 1. The van der Waals surface area contributed by atoms with Crippen LogP contribution in [0.15, 0.2) is 41.0 Å². The molecule has 26 heavy (non-hydrogen) atoms. The summed E-state index contributed by atoms with van der Waals surface area (Å²) in [5.41, 5.74) is 0.829. The molecule has 2 heterocycles. The van der Waals surface area contributed by atoms with Gasteiger partial charge < -0.3 is 14.6 Å². The van der Waals surface area contributed by atoms with Crippen LogP contribution in [0.25, 0.3) is 0 Å². The van der Waals surface area contributed by atoms with Gasteiger partial charge in [-0.1, -0.05) is 0 Å². The van der Waals surface area contributed by atoms with E-state index < -0.39 is 4.92 Å². The van der Waals surface area contributed by atoms with Gasteiger partial charge >= 0.3 is 0 Å². The highest BCUT2D eigenvalue weighted by molar-refractivity contribution is 5.95. The summed E-state index contributed by atoms with van der Waals surface area (Å²) < 4.78 is 5.13. The molecule has 0 saturated carbocycles. The molecular formula is C18H19N3O5. The molecular weight excluding hydrogens is 338 g/mol. The van der Waals surface area contributed by atoms with Crippen molar-refractivity contribution in [2.24, 2.45) is 0 Å². The fraction of sp³-hybridized carbons (Fsp3) is 0.333. The molecule has 0 bridgehead atoms. The number of aryl methyl sites for hydroxylation is 1. The van der Waals surface area contributed by atoms with Crippen molar-refractivity contribution in [3.8, 4) is 0 Å². The van der Waals surface area contributed by atoms with Crippen LogP contribution in [0.2, 0.25) is 0 Å². The lowest BCUT2D eigenvalue weighted by atomic mass is 10.0. The summed E-state index contributed by atoms with van der Waals surface area (Å²) in [6.45, 7) is 2.67. The van der Waals surface area contributed by atoms with E-state index in [9.17, 15) is 19.7 Å². The van der Waals surface area contributed by atoms with Crippen molar-refractivity contribution in [2.75, 3.05) is 13.1 Å². The maximum Gasteiger partial charge on any atom is 0.289 e. The molecule has 2 aromatic rings. The van der Waals surface area contributed by atoms with E-state index in [0.717, 1.165) is 0 Å². The van der Waals surface area contributed by atoms with Crippen LogP contribution in [0.5, 0.6) is 0 Å². The first kappa shape index (κ1) is 17.7. The molecule has 0 radical (unpaired) electrons. The smallest absolute Gasteiger partial charge is 0.289 e. The van der Waals surface area contributed by atoms with E-state index in [1.54, 1.807) is 24.0 Å². The van der Waals surface area contributed by atoms with E-state index in [4.69, 9.17) is 4.42 Å². The van der Waals surface area contributed by atoms with Gasteiger partial charge in [0, 0.05) is 36.3 Å². The lowest BCUT2D eigenvalue weighted by Crippen LogP contribution is -2.46.